The van der Waals surface area contributed by atoms with E-state index in [9.17, 15) is 26.3 Å². The Morgan fingerprint density at radius 2 is 1.10 bits per heavy atom. The third-order valence-corrected chi connectivity index (χ3v) is 9.79. The number of alkyl halides is 6. The van der Waals surface area contributed by atoms with Gasteiger partial charge in [-0.2, -0.15) is 26.3 Å². The van der Waals surface area contributed by atoms with Crippen molar-refractivity contribution < 1.29 is 26.3 Å². The number of hydrogen-bond acceptors (Lipinski definition) is 9. The van der Waals surface area contributed by atoms with Crippen molar-refractivity contribution >= 4 is 83.7 Å². The normalized spacial score (nSPS) is 11.9. The lowest BCUT2D eigenvalue weighted by molar-refractivity contribution is -0.135. The topological polar surface area (TPSA) is 89.4 Å². The van der Waals surface area contributed by atoms with Crippen LogP contribution in [0.4, 0.5) is 32.2 Å². The summed E-state index contributed by atoms with van der Waals surface area (Å²) < 4.78 is 77.7. The van der Waals surface area contributed by atoms with Crippen LogP contribution in [0.5, 0.6) is 0 Å². The molecule has 6 aromatic heterocycles. The molecule has 18 heteroatoms. The number of thiophene rings is 2. The highest BCUT2D eigenvalue weighted by Crippen LogP contribution is 2.41. The van der Waals surface area contributed by atoms with Gasteiger partial charge in [0.15, 0.2) is 11.6 Å². The summed E-state index contributed by atoms with van der Waals surface area (Å²) in [4.78, 5) is 23.7. The van der Waals surface area contributed by atoms with Gasteiger partial charge in [0.25, 0.3) is 0 Å². The number of halogens is 9. The second kappa shape index (κ2) is 14.0. The van der Waals surface area contributed by atoms with E-state index < -0.39 is 22.1 Å². The first-order chi connectivity index (χ1) is 23.3. The number of anilines is 1. The van der Waals surface area contributed by atoms with Crippen LogP contribution in [-0.4, -0.2) is 29.9 Å². The summed E-state index contributed by atoms with van der Waals surface area (Å²) in [6.07, 6.45) is -2.63. The van der Waals surface area contributed by atoms with E-state index in [-0.39, 0.29) is 26.0 Å². The van der Waals surface area contributed by atoms with Crippen molar-refractivity contribution in [3.8, 4) is 22.8 Å². The minimum atomic E-state index is -4.46. The van der Waals surface area contributed by atoms with E-state index in [0.29, 0.717) is 67.4 Å². The van der Waals surface area contributed by atoms with Gasteiger partial charge in [0.1, 0.15) is 30.4 Å². The summed E-state index contributed by atoms with van der Waals surface area (Å²) in [5, 5.41) is 4.44. The zero-order valence-electron chi connectivity index (χ0n) is 24.1. The van der Waals surface area contributed by atoms with E-state index in [1.54, 1.807) is 67.3 Å². The number of aromatic nitrogens is 6. The summed E-state index contributed by atoms with van der Waals surface area (Å²) >= 11 is 19.0. The molecule has 0 spiro atoms. The molecule has 0 atom stereocenters. The Kier molecular flexibility index (Phi) is 9.91. The lowest BCUT2D eigenvalue weighted by Gasteiger charge is -2.10. The molecule has 0 radical (unpaired) electrons. The van der Waals surface area contributed by atoms with E-state index >= 15 is 0 Å². The number of fused-ring (bicyclic) bond motifs is 2. The van der Waals surface area contributed by atoms with Crippen molar-refractivity contribution in [3.05, 3.63) is 110 Å². The van der Waals surface area contributed by atoms with Crippen molar-refractivity contribution in [3.63, 3.8) is 0 Å². The average Bonchev–Trinajstić information content (AvgIpc) is 3.72. The Morgan fingerprint density at radius 1 is 0.592 bits per heavy atom. The van der Waals surface area contributed by atoms with Crippen LogP contribution in [0.3, 0.4) is 0 Å². The molecule has 0 saturated heterocycles. The fourth-order valence-corrected chi connectivity index (χ4v) is 6.72. The van der Waals surface area contributed by atoms with Gasteiger partial charge in [-0.1, -0.05) is 40.9 Å². The first kappa shape index (κ1) is 34.7. The molecule has 1 aromatic carbocycles. The first-order valence-electron chi connectivity index (χ1n) is 13.7. The molecule has 7 aromatic rings. The SMILES string of the molecule is FC(F)(F)c1cc2c(Cl)nc(-c3ccncc3)nc2s1.FC(F)(F)c1cc2c(NCc3ccc(Cl)c(Cl)c3)nc(-c3ccncc3)nc2s1. The molecule has 7 nitrogen and oxygen atoms in total. The van der Waals surface area contributed by atoms with Gasteiger partial charge in [0.2, 0.25) is 0 Å². The summed E-state index contributed by atoms with van der Waals surface area (Å²) in [6, 6.07) is 13.9. The van der Waals surface area contributed by atoms with Gasteiger partial charge in [-0.25, -0.2) is 19.9 Å². The van der Waals surface area contributed by atoms with Crippen molar-refractivity contribution in [1.82, 2.24) is 29.9 Å². The van der Waals surface area contributed by atoms with Crippen LogP contribution in [0.25, 0.3) is 43.2 Å². The number of rotatable bonds is 5. The Labute approximate surface area is 295 Å². The summed E-state index contributed by atoms with van der Waals surface area (Å²) in [6.45, 7) is 0.302. The molecule has 0 aliphatic heterocycles. The maximum atomic E-state index is 13.2. The van der Waals surface area contributed by atoms with E-state index in [0.717, 1.165) is 17.7 Å². The highest BCUT2D eigenvalue weighted by Gasteiger charge is 2.34. The Hall–Kier alpha value is -4.15. The third kappa shape index (κ3) is 8.02. The fraction of sp³-hybridized carbons (Fsp3) is 0.0968. The van der Waals surface area contributed by atoms with E-state index in [1.807, 2.05) is 0 Å². The minimum absolute atomic E-state index is 0.00793. The predicted octanol–water partition coefficient (Wildman–Crippen LogP) is 11.1. The molecular weight excluding hydrogens is 755 g/mol. The highest BCUT2D eigenvalue weighted by molar-refractivity contribution is 7.19. The number of nitrogens with zero attached hydrogens (tertiary/aromatic N) is 6. The Bertz CT molecular complexity index is 2260. The third-order valence-electron chi connectivity index (χ3n) is 6.62. The van der Waals surface area contributed by atoms with Gasteiger partial charge in [-0.15, -0.1) is 22.7 Å². The van der Waals surface area contributed by atoms with Gasteiger partial charge in [-0.05, 0) is 54.1 Å². The van der Waals surface area contributed by atoms with Gasteiger partial charge in [-0.3, -0.25) is 9.97 Å². The fourth-order valence-electron chi connectivity index (χ4n) is 4.32. The van der Waals surface area contributed by atoms with Gasteiger partial charge in [0, 0.05) is 47.8 Å². The first-order valence-corrected chi connectivity index (χ1v) is 16.4. The van der Waals surface area contributed by atoms with Gasteiger partial charge < -0.3 is 5.32 Å². The average molecular weight is 771 g/mol. The van der Waals surface area contributed by atoms with Gasteiger partial charge >= 0.3 is 12.4 Å². The van der Waals surface area contributed by atoms with E-state index in [4.69, 9.17) is 34.8 Å². The molecule has 0 aliphatic carbocycles. The maximum absolute atomic E-state index is 13.2. The standard InChI is InChI=1S/C19H11Cl2F3N4S.C12H5ClF3N3S/c20-13-2-1-10(7-14(13)21)9-26-17-12-8-15(19(22,23)24)29-18(12)28-16(27-17)11-3-5-25-6-4-11;13-9-7-5-8(12(14,15)16)20-11(7)19-10(18-9)6-1-3-17-4-2-6/h1-8H,9H2,(H,26,27,28);1-5H. The number of hydrogen-bond donors (Lipinski definition) is 1. The highest BCUT2D eigenvalue weighted by atomic mass is 35.5. The minimum Gasteiger partial charge on any atom is -0.365 e. The number of nitrogens with one attached hydrogen (secondary N) is 1. The molecule has 1 N–H and O–H groups in total. The molecule has 0 amide bonds. The Morgan fingerprint density at radius 3 is 1.63 bits per heavy atom. The summed E-state index contributed by atoms with van der Waals surface area (Å²) in [5.74, 6) is 0.896. The molecule has 49 heavy (non-hydrogen) atoms. The van der Waals surface area contributed by atoms with Crippen LogP contribution in [0, 0.1) is 0 Å². The van der Waals surface area contributed by atoms with Crippen LogP contribution in [-0.2, 0) is 18.9 Å². The molecule has 0 fully saturated rings. The second-order valence-electron chi connectivity index (χ2n) is 9.96. The molecular formula is C31H16Cl3F6N7S2. The summed E-state index contributed by atoms with van der Waals surface area (Å²) in [7, 11) is 0. The summed E-state index contributed by atoms with van der Waals surface area (Å²) in [5.41, 5.74) is 2.11. The number of pyridine rings is 2. The predicted molar refractivity (Wildman–Crippen MR) is 180 cm³/mol. The van der Waals surface area contributed by atoms with Crippen LogP contribution in [0.2, 0.25) is 15.2 Å². The molecule has 7 rings (SSSR count). The molecule has 0 bridgehead atoms. The number of benzene rings is 1. The van der Waals surface area contributed by atoms with Crippen LogP contribution < -0.4 is 5.32 Å². The monoisotopic (exact) mass is 769 g/mol. The van der Waals surface area contributed by atoms with E-state index in [1.165, 1.54) is 0 Å². The molecule has 250 valence electrons. The molecule has 0 saturated carbocycles. The van der Waals surface area contributed by atoms with Crippen LogP contribution in [0.15, 0.2) is 79.4 Å². The van der Waals surface area contributed by atoms with Crippen molar-refractivity contribution in [2.24, 2.45) is 0 Å². The maximum Gasteiger partial charge on any atom is 0.425 e. The second-order valence-corrected chi connectivity index (χ2v) is 13.2. The molecule has 0 unspecified atom stereocenters. The largest absolute Gasteiger partial charge is 0.425 e. The van der Waals surface area contributed by atoms with Crippen molar-refractivity contribution in [1.29, 1.82) is 0 Å². The zero-order chi connectivity index (χ0) is 34.9. The van der Waals surface area contributed by atoms with Crippen molar-refractivity contribution in [2.45, 2.75) is 18.9 Å². The molecule has 0 aliphatic rings. The lowest BCUT2D eigenvalue weighted by Crippen LogP contribution is -2.04. The van der Waals surface area contributed by atoms with Crippen molar-refractivity contribution in [2.75, 3.05) is 5.32 Å². The zero-order valence-corrected chi connectivity index (χ0v) is 28.0. The lowest BCUT2D eigenvalue weighted by atomic mass is 10.2. The molecule has 6 heterocycles. The Balaban J connectivity index is 0.000000182. The quantitative estimate of drug-likeness (QED) is 0.138. The van der Waals surface area contributed by atoms with E-state index in [2.05, 4.69) is 35.2 Å². The van der Waals surface area contributed by atoms with Gasteiger partial charge in [0.05, 0.1) is 15.4 Å². The van der Waals surface area contributed by atoms with Crippen LogP contribution in [0.1, 0.15) is 15.3 Å². The van der Waals surface area contributed by atoms with Crippen LogP contribution >= 0.6 is 57.5 Å². The smallest absolute Gasteiger partial charge is 0.365 e.